The predicted octanol–water partition coefficient (Wildman–Crippen LogP) is 3.58. The monoisotopic (exact) mass is 271 g/mol. The molecule has 0 aliphatic carbocycles. The number of rotatable bonds is 7. The van der Waals surface area contributed by atoms with E-state index >= 15 is 0 Å². The number of hydrogen-bond acceptors (Lipinski definition) is 3. The molecule has 0 saturated heterocycles. The first-order chi connectivity index (χ1) is 9.76. The van der Waals surface area contributed by atoms with Gasteiger partial charge in [0.25, 0.3) is 0 Å². The molecule has 0 bridgehead atoms. The van der Waals surface area contributed by atoms with Crippen molar-refractivity contribution in [1.82, 2.24) is 10.3 Å². The zero-order chi connectivity index (χ0) is 14.4. The molecule has 0 aliphatic heterocycles. The lowest BCUT2D eigenvalue weighted by Gasteiger charge is -2.22. The number of aromatic nitrogens is 1. The molecule has 0 spiro atoms. The number of anilines is 1. The molecule has 0 amide bonds. The molecule has 2 aromatic rings. The van der Waals surface area contributed by atoms with Crippen LogP contribution in [-0.4, -0.2) is 25.6 Å². The molecule has 20 heavy (non-hydrogen) atoms. The second-order valence-electron chi connectivity index (χ2n) is 5.31. The molecule has 1 aromatic carbocycles. The highest BCUT2D eigenvalue weighted by atomic mass is 15.1. The summed E-state index contributed by atoms with van der Waals surface area (Å²) < 4.78 is 0. The zero-order valence-electron chi connectivity index (χ0n) is 12.8. The van der Waals surface area contributed by atoms with Crippen LogP contribution >= 0.6 is 0 Å². The molecule has 3 nitrogen and oxygen atoms in total. The van der Waals surface area contributed by atoms with Crippen LogP contribution in [0.1, 0.15) is 31.9 Å². The van der Waals surface area contributed by atoms with Gasteiger partial charge in [-0.05, 0) is 25.6 Å². The average molecular weight is 271 g/mol. The van der Waals surface area contributed by atoms with Gasteiger partial charge in [-0.3, -0.25) is 4.98 Å². The third-order valence-electron chi connectivity index (χ3n) is 3.61. The topological polar surface area (TPSA) is 28.2 Å². The van der Waals surface area contributed by atoms with E-state index in [4.69, 9.17) is 4.98 Å². The quantitative estimate of drug-likeness (QED) is 0.780. The summed E-state index contributed by atoms with van der Waals surface area (Å²) in [5.41, 5.74) is 3.47. The Kier molecular flexibility index (Phi) is 5.36. The van der Waals surface area contributed by atoms with Crippen LogP contribution in [0.4, 0.5) is 5.69 Å². The van der Waals surface area contributed by atoms with Crippen molar-refractivity contribution in [3.63, 3.8) is 0 Å². The van der Waals surface area contributed by atoms with Crippen molar-refractivity contribution >= 4 is 16.6 Å². The lowest BCUT2D eigenvalue weighted by atomic mass is 10.1. The van der Waals surface area contributed by atoms with Crippen molar-refractivity contribution in [3.8, 4) is 0 Å². The largest absolute Gasteiger partial charge is 0.374 e. The molecule has 108 valence electrons. The maximum absolute atomic E-state index is 4.72. The highest BCUT2D eigenvalue weighted by Gasteiger charge is 2.09. The fraction of sp³-hybridized carbons (Fsp3) is 0.471. The second-order valence-corrected chi connectivity index (χ2v) is 5.31. The molecular weight excluding hydrogens is 246 g/mol. The Morgan fingerprint density at radius 3 is 2.75 bits per heavy atom. The minimum absolute atomic E-state index is 0.806. The molecule has 0 saturated carbocycles. The van der Waals surface area contributed by atoms with Gasteiger partial charge in [0.1, 0.15) is 0 Å². The van der Waals surface area contributed by atoms with Gasteiger partial charge in [0.15, 0.2) is 0 Å². The van der Waals surface area contributed by atoms with Crippen molar-refractivity contribution in [2.24, 2.45) is 0 Å². The van der Waals surface area contributed by atoms with Crippen molar-refractivity contribution < 1.29 is 0 Å². The summed E-state index contributed by atoms with van der Waals surface area (Å²) in [6.45, 7) is 4.15. The minimum atomic E-state index is 0.806. The Labute approximate surface area is 122 Å². The number of pyridine rings is 1. The van der Waals surface area contributed by atoms with Gasteiger partial charge in [-0.25, -0.2) is 0 Å². The lowest BCUT2D eigenvalue weighted by Crippen LogP contribution is -2.19. The summed E-state index contributed by atoms with van der Waals surface area (Å²) in [6.07, 6.45) is 3.79. The maximum atomic E-state index is 4.72. The lowest BCUT2D eigenvalue weighted by molar-refractivity contribution is 0.705. The summed E-state index contributed by atoms with van der Waals surface area (Å²) in [5.74, 6) is 0. The molecule has 0 fully saturated rings. The summed E-state index contributed by atoms with van der Waals surface area (Å²) in [5, 5.41) is 4.43. The minimum Gasteiger partial charge on any atom is -0.374 e. The zero-order valence-corrected chi connectivity index (χ0v) is 12.8. The molecule has 0 radical (unpaired) electrons. The average Bonchev–Trinajstić information content (AvgIpc) is 2.47. The van der Waals surface area contributed by atoms with Crippen molar-refractivity contribution in [2.45, 2.75) is 32.7 Å². The fourth-order valence-corrected chi connectivity index (χ4v) is 2.52. The van der Waals surface area contributed by atoms with E-state index in [2.05, 4.69) is 54.5 Å². The summed E-state index contributed by atoms with van der Waals surface area (Å²) in [4.78, 5) is 7.08. The van der Waals surface area contributed by atoms with Gasteiger partial charge in [0.05, 0.1) is 11.2 Å². The van der Waals surface area contributed by atoms with E-state index in [1.54, 1.807) is 0 Å². The molecule has 1 N–H and O–H groups in total. The Morgan fingerprint density at radius 2 is 2.00 bits per heavy atom. The molecular formula is C17H25N3. The first kappa shape index (κ1) is 14.8. The first-order valence-electron chi connectivity index (χ1n) is 7.50. The smallest absolute Gasteiger partial charge is 0.0726 e. The summed E-state index contributed by atoms with van der Waals surface area (Å²) in [7, 11) is 4.14. The second kappa shape index (κ2) is 7.25. The summed E-state index contributed by atoms with van der Waals surface area (Å²) in [6, 6.07) is 10.6. The van der Waals surface area contributed by atoms with E-state index in [9.17, 15) is 0 Å². The van der Waals surface area contributed by atoms with Crippen LogP contribution in [0.2, 0.25) is 0 Å². The van der Waals surface area contributed by atoms with Gasteiger partial charge < -0.3 is 10.2 Å². The first-order valence-corrected chi connectivity index (χ1v) is 7.50. The highest BCUT2D eigenvalue weighted by Crippen LogP contribution is 2.26. The van der Waals surface area contributed by atoms with Gasteiger partial charge in [0, 0.05) is 31.2 Å². The van der Waals surface area contributed by atoms with E-state index in [0.717, 1.165) is 24.3 Å². The van der Waals surface area contributed by atoms with Crippen LogP contribution in [0, 0.1) is 0 Å². The number of nitrogens with one attached hydrogen (secondary N) is 1. The SMILES string of the molecule is CCCCCN(C)c1cc(CNC)nc2ccccc12. The van der Waals surface area contributed by atoms with Gasteiger partial charge in [-0.1, -0.05) is 38.0 Å². The molecule has 1 heterocycles. The molecule has 3 heteroatoms. The van der Waals surface area contributed by atoms with Crippen LogP contribution in [0.15, 0.2) is 30.3 Å². The van der Waals surface area contributed by atoms with E-state index in [1.807, 2.05) is 7.05 Å². The number of benzene rings is 1. The Bertz CT molecular complexity index is 551. The van der Waals surface area contributed by atoms with E-state index in [0.29, 0.717) is 0 Å². The van der Waals surface area contributed by atoms with E-state index in [1.165, 1.54) is 30.3 Å². The van der Waals surface area contributed by atoms with Gasteiger partial charge >= 0.3 is 0 Å². The Morgan fingerprint density at radius 1 is 1.20 bits per heavy atom. The van der Waals surface area contributed by atoms with Crippen molar-refractivity contribution in [3.05, 3.63) is 36.0 Å². The van der Waals surface area contributed by atoms with Crippen LogP contribution < -0.4 is 10.2 Å². The third-order valence-corrected chi connectivity index (χ3v) is 3.61. The van der Waals surface area contributed by atoms with Crippen LogP contribution in [0.5, 0.6) is 0 Å². The van der Waals surface area contributed by atoms with E-state index in [-0.39, 0.29) is 0 Å². The maximum Gasteiger partial charge on any atom is 0.0726 e. The number of nitrogens with zero attached hydrogens (tertiary/aromatic N) is 2. The number of fused-ring (bicyclic) bond motifs is 1. The standard InChI is InChI=1S/C17H25N3/c1-4-5-8-11-20(3)17-12-14(13-18-2)19-16-10-7-6-9-15(16)17/h6-7,9-10,12,18H,4-5,8,11,13H2,1-3H3. The molecule has 1 aromatic heterocycles. The van der Waals surface area contributed by atoms with E-state index < -0.39 is 0 Å². The predicted molar refractivity (Wildman–Crippen MR) is 87.3 cm³/mol. The van der Waals surface area contributed by atoms with Gasteiger partial charge in [0.2, 0.25) is 0 Å². The molecule has 0 aliphatic rings. The Hall–Kier alpha value is -1.61. The molecule has 0 atom stereocenters. The summed E-state index contributed by atoms with van der Waals surface area (Å²) >= 11 is 0. The van der Waals surface area contributed by atoms with Gasteiger partial charge in [-0.2, -0.15) is 0 Å². The normalized spacial score (nSPS) is 10.9. The number of para-hydroxylation sites is 1. The molecule has 2 rings (SSSR count). The van der Waals surface area contributed by atoms with Gasteiger partial charge in [-0.15, -0.1) is 0 Å². The van der Waals surface area contributed by atoms with Crippen molar-refractivity contribution in [1.29, 1.82) is 0 Å². The van der Waals surface area contributed by atoms with Crippen LogP contribution in [0.25, 0.3) is 10.9 Å². The van der Waals surface area contributed by atoms with Crippen LogP contribution in [0.3, 0.4) is 0 Å². The Balaban J connectivity index is 2.33. The number of hydrogen-bond donors (Lipinski definition) is 1. The third kappa shape index (κ3) is 3.48. The highest BCUT2D eigenvalue weighted by molar-refractivity contribution is 5.91. The van der Waals surface area contributed by atoms with Crippen LogP contribution in [-0.2, 0) is 6.54 Å². The molecule has 0 unspecified atom stereocenters. The number of unbranched alkanes of at least 4 members (excludes halogenated alkanes) is 2. The fourth-order valence-electron chi connectivity index (χ4n) is 2.52. The van der Waals surface area contributed by atoms with Crippen molar-refractivity contribution in [2.75, 3.05) is 25.5 Å².